The lowest BCUT2D eigenvalue weighted by Gasteiger charge is -2.49. The first-order chi connectivity index (χ1) is 25.9. The maximum absolute atomic E-state index is 14.4. The summed E-state index contributed by atoms with van der Waals surface area (Å²) in [5.41, 5.74) is -4.28. The molecule has 0 aromatic rings. The van der Waals surface area contributed by atoms with Gasteiger partial charge in [-0.25, -0.2) is 4.79 Å². The molecule has 0 aromatic heterocycles. The lowest BCUT2D eigenvalue weighted by molar-refractivity contribution is -0.319. The quantitative estimate of drug-likeness (QED) is 0.238. The Balaban J connectivity index is 1.87. The van der Waals surface area contributed by atoms with Crippen molar-refractivity contribution in [2.45, 2.75) is 192 Å². The number of hydrogen-bond donors (Lipinski definition) is 3. The lowest BCUT2D eigenvalue weighted by Crippen LogP contribution is -2.61. The van der Waals surface area contributed by atoms with E-state index in [-0.39, 0.29) is 31.4 Å². The van der Waals surface area contributed by atoms with Crippen LogP contribution in [0.4, 0.5) is 4.79 Å². The normalized spacial score (nSPS) is 48.2. The summed E-state index contributed by atoms with van der Waals surface area (Å²) >= 11 is 0. The Morgan fingerprint density at radius 2 is 1.57 bits per heavy atom. The number of ether oxygens (including phenoxy) is 9. The smallest absolute Gasteiger partial charge is 0.458 e. The Morgan fingerprint density at radius 1 is 0.929 bits per heavy atom. The lowest BCUT2D eigenvalue weighted by atomic mass is 9.73. The molecule has 324 valence electrons. The number of esters is 2. The van der Waals surface area contributed by atoms with Gasteiger partial charge in [-0.05, 0) is 80.8 Å². The Hall–Kier alpha value is -2.15. The van der Waals surface area contributed by atoms with Gasteiger partial charge in [-0.2, -0.15) is 0 Å². The van der Waals surface area contributed by atoms with E-state index in [0.29, 0.717) is 6.42 Å². The van der Waals surface area contributed by atoms with Gasteiger partial charge in [0.15, 0.2) is 30.4 Å². The number of cyclic esters (lactones) is 1. The highest BCUT2D eigenvalue weighted by atomic mass is 16.8. The average molecular weight is 804 g/mol. The van der Waals surface area contributed by atoms with Crippen LogP contribution in [0.2, 0.25) is 0 Å². The largest absolute Gasteiger partial charge is 0.509 e. The molecule has 16 nitrogen and oxygen atoms in total. The van der Waals surface area contributed by atoms with Crippen LogP contribution in [0.15, 0.2) is 0 Å². The number of rotatable bonds is 8. The minimum atomic E-state index is -1.76. The first kappa shape index (κ1) is 46.5. The molecule has 0 amide bonds. The fourth-order valence-electron chi connectivity index (χ4n) is 9.51. The Morgan fingerprint density at radius 3 is 2.14 bits per heavy atom. The standard InChI is InChI=1S/C40H69NO15/c1-15-27-40(11)34(55-37(46)56-40)21(4)29(43)19(2)17-38(9,47)33(54-36-31(51-25(8)42)26(41(12)13)16-20(3)49-36)22(5)30(23(6)35(45)52-27)53-28-18-39(10,48-14)32(44)24(7)50-28/h19-24,26-34,36,43-44,47H,15-18H2,1-14H3/t19-,20-,21+,22+,23-,24+,26+,27-,28+,29+,30+,31-,32+,33-,34-,36+,38+,39-,40-/m1/s1. The maximum Gasteiger partial charge on any atom is 0.509 e. The summed E-state index contributed by atoms with van der Waals surface area (Å²) in [4.78, 5) is 41.6. The zero-order chi connectivity index (χ0) is 42.2. The number of likely N-dealkylation sites (N-methyl/N-ethyl adjacent to an activating group) is 1. The van der Waals surface area contributed by atoms with Gasteiger partial charge in [0.1, 0.15) is 12.2 Å². The van der Waals surface area contributed by atoms with E-state index in [1.165, 1.54) is 14.0 Å². The van der Waals surface area contributed by atoms with Crippen molar-refractivity contribution in [1.29, 1.82) is 0 Å². The average Bonchev–Trinajstić information content (AvgIpc) is 3.43. The SMILES string of the molecule is CC[C@H]1OC(=O)[C@H](C)[C@@H](O[C@H]2C[C@@](C)(OC)[C@@H](O)[C@H](C)O2)[C@H](C)[C@@H](O[C@@H]2O[C@H](C)C[C@H](N(C)C)[C@H]2OC(C)=O)[C@@](C)(O)C[C@@H](C)[C@H](O)[C@H](C)[C@H]2OC(=O)O[C@@]21C. The Kier molecular flexibility index (Phi) is 15.0. The van der Waals surface area contributed by atoms with Crippen LogP contribution in [-0.4, -0.2) is 150 Å². The van der Waals surface area contributed by atoms with Gasteiger partial charge in [-0.15, -0.1) is 0 Å². The number of nitrogens with zero attached hydrogens (tertiary/aromatic N) is 1. The van der Waals surface area contributed by atoms with Crippen LogP contribution in [-0.2, 0) is 52.2 Å². The summed E-state index contributed by atoms with van der Waals surface area (Å²) in [6.07, 6.45) is -10.6. The molecule has 4 aliphatic heterocycles. The molecule has 0 bridgehead atoms. The van der Waals surface area contributed by atoms with E-state index in [1.807, 2.05) is 25.9 Å². The van der Waals surface area contributed by atoms with Gasteiger partial charge in [0.25, 0.3) is 0 Å². The zero-order valence-corrected chi connectivity index (χ0v) is 35.8. The van der Waals surface area contributed by atoms with E-state index < -0.39 is 120 Å². The molecule has 0 aliphatic carbocycles. The van der Waals surface area contributed by atoms with Gasteiger partial charge in [0, 0.05) is 32.3 Å². The number of methoxy groups -OCH3 is 1. The van der Waals surface area contributed by atoms with Gasteiger partial charge >= 0.3 is 18.1 Å². The van der Waals surface area contributed by atoms with Crippen molar-refractivity contribution >= 4 is 18.1 Å². The molecule has 0 radical (unpaired) electrons. The number of hydrogen-bond acceptors (Lipinski definition) is 16. The summed E-state index contributed by atoms with van der Waals surface area (Å²) in [6.45, 7) is 18.6. The summed E-state index contributed by atoms with van der Waals surface area (Å²) in [5.74, 6) is -4.45. The van der Waals surface area contributed by atoms with E-state index in [2.05, 4.69) is 0 Å². The molecule has 0 unspecified atom stereocenters. The second-order valence-electron chi connectivity index (χ2n) is 17.7. The third kappa shape index (κ3) is 9.65. The fourth-order valence-corrected chi connectivity index (χ4v) is 9.51. The molecule has 4 saturated heterocycles. The van der Waals surface area contributed by atoms with Crippen molar-refractivity contribution in [3.05, 3.63) is 0 Å². The third-order valence-electron chi connectivity index (χ3n) is 12.8. The minimum absolute atomic E-state index is 0.0307. The van der Waals surface area contributed by atoms with Gasteiger partial charge in [-0.3, -0.25) is 9.59 Å². The van der Waals surface area contributed by atoms with E-state index in [9.17, 15) is 29.7 Å². The van der Waals surface area contributed by atoms with Gasteiger partial charge in [-0.1, -0.05) is 27.7 Å². The van der Waals surface area contributed by atoms with E-state index in [4.69, 9.17) is 42.6 Å². The highest BCUT2D eigenvalue weighted by molar-refractivity contribution is 5.73. The Labute approximate surface area is 332 Å². The molecule has 16 heteroatoms. The molecule has 0 spiro atoms. The van der Waals surface area contributed by atoms with E-state index >= 15 is 0 Å². The summed E-state index contributed by atoms with van der Waals surface area (Å²) < 4.78 is 55.3. The molecule has 0 saturated carbocycles. The second-order valence-corrected chi connectivity index (χ2v) is 17.7. The van der Waals surface area contributed by atoms with Crippen molar-refractivity contribution in [3.8, 4) is 0 Å². The fraction of sp³-hybridized carbons (Fsp3) is 0.925. The van der Waals surface area contributed by atoms with Gasteiger partial charge < -0.3 is 62.9 Å². The monoisotopic (exact) mass is 803 g/mol. The van der Waals surface area contributed by atoms with Crippen molar-refractivity contribution < 1.29 is 72.3 Å². The van der Waals surface area contributed by atoms with Crippen molar-refractivity contribution in [3.63, 3.8) is 0 Å². The van der Waals surface area contributed by atoms with E-state index in [1.54, 1.807) is 62.3 Å². The Bertz CT molecular complexity index is 1360. The summed E-state index contributed by atoms with van der Waals surface area (Å²) in [5, 5.41) is 35.5. The van der Waals surface area contributed by atoms with Crippen molar-refractivity contribution in [1.82, 2.24) is 4.90 Å². The van der Waals surface area contributed by atoms with Crippen LogP contribution in [0, 0.1) is 23.7 Å². The number of aliphatic hydroxyl groups is 3. The van der Waals surface area contributed by atoms with Crippen molar-refractivity contribution in [2.75, 3.05) is 21.2 Å². The number of carbonyl (C=O) groups is 3. The molecular formula is C40H69NO15. The van der Waals surface area contributed by atoms with Gasteiger partial charge in [0.05, 0.1) is 53.7 Å². The van der Waals surface area contributed by atoms with Crippen LogP contribution in [0.3, 0.4) is 0 Å². The highest BCUT2D eigenvalue weighted by Gasteiger charge is 2.59. The second kappa shape index (κ2) is 18.0. The predicted octanol–water partition coefficient (Wildman–Crippen LogP) is 3.33. The molecule has 4 aliphatic rings. The topological polar surface area (TPSA) is 198 Å². The first-order valence-electron chi connectivity index (χ1n) is 20.1. The first-order valence-corrected chi connectivity index (χ1v) is 20.1. The van der Waals surface area contributed by atoms with Crippen LogP contribution in [0.1, 0.15) is 102 Å². The third-order valence-corrected chi connectivity index (χ3v) is 12.8. The molecule has 3 N–H and O–H groups in total. The molecule has 4 heterocycles. The molecule has 19 atom stereocenters. The summed E-state index contributed by atoms with van der Waals surface area (Å²) in [6, 6.07) is -0.305. The van der Waals surface area contributed by atoms with Crippen LogP contribution in [0.25, 0.3) is 0 Å². The van der Waals surface area contributed by atoms with Crippen molar-refractivity contribution in [2.24, 2.45) is 23.7 Å². The molecular weight excluding hydrogens is 734 g/mol. The van der Waals surface area contributed by atoms with Crippen LogP contribution >= 0.6 is 0 Å². The zero-order valence-electron chi connectivity index (χ0n) is 35.8. The van der Waals surface area contributed by atoms with E-state index in [0.717, 1.165) is 0 Å². The molecule has 56 heavy (non-hydrogen) atoms. The molecule has 4 fully saturated rings. The summed E-state index contributed by atoms with van der Waals surface area (Å²) in [7, 11) is 5.23. The van der Waals surface area contributed by atoms with Gasteiger partial charge in [0.2, 0.25) is 0 Å². The number of carbonyl (C=O) groups excluding carboxylic acids is 3. The number of aliphatic hydroxyl groups excluding tert-OH is 2. The predicted molar refractivity (Wildman–Crippen MR) is 200 cm³/mol. The highest BCUT2D eigenvalue weighted by Crippen LogP contribution is 2.44. The molecule has 0 aromatic carbocycles. The minimum Gasteiger partial charge on any atom is -0.458 e. The van der Waals surface area contributed by atoms with Crippen LogP contribution in [0.5, 0.6) is 0 Å². The number of fused-ring (bicyclic) bond motifs is 1. The van der Waals surface area contributed by atoms with Crippen LogP contribution < -0.4 is 0 Å². The molecule has 4 rings (SSSR count). The maximum atomic E-state index is 14.4.